The molecule has 3 aromatic rings. The van der Waals surface area contributed by atoms with Crippen LogP contribution in [0.2, 0.25) is 0 Å². The third kappa shape index (κ3) is 5.40. The van der Waals surface area contributed by atoms with Crippen molar-refractivity contribution in [2.24, 2.45) is 0 Å². The number of aromatic nitrogens is 4. The summed E-state index contributed by atoms with van der Waals surface area (Å²) in [5.74, 6) is 0.212. The molecule has 1 aromatic heterocycles. The quantitative estimate of drug-likeness (QED) is 0.522. The van der Waals surface area contributed by atoms with Crippen molar-refractivity contribution in [1.82, 2.24) is 20.2 Å². The highest BCUT2D eigenvalue weighted by atomic mass is 16.5. The van der Waals surface area contributed by atoms with Crippen LogP contribution >= 0.6 is 0 Å². The molecule has 156 valence electrons. The lowest BCUT2D eigenvalue weighted by Crippen LogP contribution is -2.11. The first kappa shape index (κ1) is 21.0. The van der Waals surface area contributed by atoms with Crippen molar-refractivity contribution in [2.75, 3.05) is 13.7 Å². The van der Waals surface area contributed by atoms with Crippen LogP contribution in [0.25, 0.3) is 11.4 Å². The van der Waals surface area contributed by atoms with E-state index in [1.165, 1.54) is 11.9 Å². The van der Waals surface area contributed by atoms with Crippen LogP contribution in [-0.2, 0) is 16.0 Å². The zero-order chi connectivity index (χ0) is 21.5. The van der Waals surface area contributed by atoms with E-state index in [-0.39, 0.29) is 6.10 Å². The lowest BCUT2D eigenvalue weighted by molar-refractivity contribution is 0.0377. The van der Waals surface area contributed by atoms with Gasteiger partial charge in [-0.15, -0.1) is 10.2 Å². The maximum atomic E-state index is 12.1. The lowest BCUT2D eigenvalue weighted by atomic mass is 10.1. The molecule has 2 aromatic carbocycles. The predicted octanol–water partition coefficient (Wildman–Crippen LogP) is 2.77. The largest absolute Gasteiger partial charge is 0.492 e. The van der Waals surface area contributed by atoms with Crippen molar-refractivity contribution >= 4 is 11.9 Å². The molecule has 0 unspecified atom stereocenters. The number of hydrogen-bond acceptors (Lipinski definition) is 8. The Hall–Kier alpha value is -3.75. The van der Waals surface area contributed by atoms with Crippen molar-refractivity contribution in [3.05, 3.63) is 59.7 Å². The van der Waals surface area contributed by atoms with Crippen molar-refractivity contribution in [1.29, 1.82) is 0 Å². The minimum Gasteiger partial charge on any atom is -0.492 e. The molecule has 0 aliphatic carbocycles. The highest BCUT2D eigenvalue weighted by molar-refractivity contribution is 5.91. The second-order valence-corrected chi connectivity index (χ2v) is 6.61. The molecule has 1 heterocycles. The van der Waals surface area contributed by atoms with Crippen LogP contribution in [0, 0.1) is 0 Å². The number of ether oxygens (including phenoxy) is 3. The highest BCUT2D eigenvalue weighted by Crippen LogP contribution is 2.17. The van der Waals surface area contributed by atoms with E-state index >= 15 is 0 Å². The van der Waals surface area contributed by atoms with Gasteiger partial charge < -0.3 is 14.2 Å². The van der Waals surface area contributed by atoms with E-state index in [4.69, 9.17) is 9.47 Å². The number of nitrogens with zero attached hydrogens (tertiary/aromatic N) is 4. The number of carbonyl (C=O) groups is 2. The van der Waals surface area contributed by atoms with Crippen LogP contribution in [0.3, 0.4) is 0 Å². The smallest absolute Gasteiger partial charge is 0.338 e. The van der Waals surface area contributed by atoms with Gasteiger partial charge in [-0.1, -0.05) is 12.1 Å². The number of carbonyl (C=O) groups excluding carboxylic acids is 2. The van der Waals surface area contributed by atoms with Gasteiger partial charge in [-0.3, -0.25) is 0 Å². The Morgan fingerprint density at radius 3 is 2.50 bits per heavy atom. The summed E-state index contributed by atoms with van der Waals surface area (Å²) in [7, 11) is 1.33. The molecule has 0 saturated heterocycles. The molecule has 0 fully saturated rings. The van der Waals surface area contributed by atoms with Gasteiger partial charge in [0.05, 0.1) is 30.9 Å². The predicted molar refractivity (Wildman–Crippen MR) is 107 cm³/mol. The summed E-state index contributed by atoms with van der Waals surface area (Å²) in [5.41, 5.74) is 1.54. The highest BCUT2D eigenvalue weighted by Gasteiger charge is 2.13. The Morgan fingerprint density at radius 1 is 1.03 bits per heavy atom. The number of methoxy groups -OCH3 is 1. The van der Waals surface area contributed by atoms with Crippen molar-refractivity contribution in [3.8, 4) is 17.1 Å². The minimum atomic E-state index is -0.401. The van der Waals surface area contributed by atoms with Gasteiger partial charge in [-0.2, -0.15) is 4.80 Å². The molecule has 3 rings (SSSR count). The summed E-state index contributed by atoms with van der Waals surface area (Å²) in [6.45, 7) is 4.28. The molecule has 0 aliphatic heterocycles. The van der Waals surface area contributed by atoms with Gasteiger partial charge in [0.1, 0.15) is 12.4 Å². The second-order valence-electron chi connectivity index (χ2n) is 6.61. The summed E-state index contributed by atoms with van der Waals surface area (Å²) in [6.07, 6.45) is -0.197. The van der Waals surface area contributed by atoms with Gasteiger partial charge in [0.2, 0.25) is 5.82 Å². The number of tetrazole rings is 1. The molecule has 0 spiro atoms. The van der Waals surface area contributed by atoms with E-state index < -0.39 is 11.9 Å². The Bertz CT molecular complexity index is 1010. The third-order valence-corrected chi connectivity index (χ3v) is 3.99. The number of esters is 2. The number of benzene rings is 2. The fraction of sp³-hybridized carbons (Fsp3) is 0.286. The molecule has 0 aliphatic rings. The van der Waals surface area contributed by atoms with Crippen LogP contribution < -0.4 is 4.74 Å². The van der Waals surface area contributed by atoms with Crippen molar-refractivity contribution in [3.63, 3.8) is 0 Å². The maximum absolute atomic E-state index is 12.1. The van der Waals surface area contributed by atoms with E-state index in [1.54, 1.807) is 62.4 Å². The molecule has 9 heteroatoms. The zero-order valence-electron chi connectivity index (χ0n) is 16.9. The fourth-order valence-electron chi connectivity index (χ4n) is 2.57. The van der Waals surface area contributed by atoms with E-state index in [9.17, 15) is 9.59 Å². The van der Waals surface area contributed by atoms with E-state index in [0.717, 1.165) is 0 Å². The molecular weight excluding hydrogens is 388 g/mol. The summed E-state index contributed by atoms with van der Waals surface area (Å²) in [6, 6.07) is 13.5. The number of rotatable bonds is 8. The molecule has 0 bridgehead atoms. The third-order valence-electron chi connectivity index (χ3n) is 3.99. The lowest BCUT2D eigenvalue weighted by Gasteiger charge is -2.08. The van der Waals surface area contributed by atoms with Crippen LogP contribution in [0.5, 0.6) is 5.75 Å². The van der Waals surface area contributed by atoms with Crippen molar-refractivity contribution < 1.29 is 23.8 Å². The normalized spacial score (nSPS) is 10.7. The Morgan fingerprint density at radius 2 is 1.80 bits per heavy atom. The van der Waals surface area contributed by atoms with Gasteiger partial charge in [-0.05, 0) is 55.5 Å². The standard InChI is InChI=1S/C21H22N4O5/c1-14(2)30-21(27)17-6-4-5-16(13-17)19-22-24-25(23-19)11-12-29-18-9-7-15(8-10-18)20(26)28-3/h4-10,13-14H,11-12H2,1-3H3. The van der Waals surface area contributed by atoms with Gasteiger partial charge in [-0.25, -0.2) is 9.59 Å². The molecular formula is C21H22N4O5. The summed E-state index contributed by atoms with van der Waals surface area (Å²) < 4.78 is 15.5. The van der Waals surface area contributed by atoms with Gasteiger partial charge in [0.15, 0.2) is 0 Å². The molecule has 0 radical (unpaired) electrons. The fourth-order valence-corrected chi connectivity index (χ4v) is 2.57. The summed E-state index contributed by atoms with van der Waals surface area (Å²) in [4.78, 5) is 24.9. The van der Waals surface area contributed by atoms with Crippen molar-refractivity contribution in [2.45, 2.75) is 26.5 Å². The number of hydrogen-bond donors (Lipinski definition) is 0. The van der Waals surface area contributed by atoms with Crippen LogP contribution in [-0.4, -0.2) is 52.0 Å². The maximum Gasteiger partial charge on any atom is 0.338 e. The molecule has 9 nitrogen and oxygen atoms in total. The van der Waals surface area contributed by atoms with Gasteiger partial charge in [0.25, 0.3) is 0 Å². The van der Waals surface area contributed by atoms with E-state index in [1.807, 2.05) is 0 Å². The molecule has 0 atom stereocenters. The van der Waals surface area contributed by atoms with Gasteiger partial charge in [0, 0.05) is 5.56 Å². The minimum absolute atomic E-state index is 0.197. The molecule has 0 N–H and O–H groups in total. The van der Waals surface area contributed by atoms with Crippen LogP contribution in [0.4, 0.5) is 0 Å². The first-order valence-corrected chi connectivity index (χ1v) is 9.36. The van der Waals surface area contributed by atoms with Crippen LogP contribution in [0.1, 0.15) is 34.6 Å². The average molecular weight is 410 g/mol. The monoisotopic (exact) mass is 410 g/mol. The first-order chi connectivity index (χ1) is 14.5. The van der Waals surface area contributed by atoms with Crippen LogP contribution in [0.15, 0.2) is 48.5 Å². The Kier molecular flexibility index (Phi) is 6.74. The Labute approximate surface area is 173 Å². The Balaban J connectivity index is 1.58. The summed E-state index contributed by atoms with van der Waals surface area (Å²) in [5, 5.41) is 12.4. The molecule has 30 heavy (non-hydrogen) atoms. The van der Waals surface area contributed by atoms with E-state index in [2.05, 4.69) is 20.1 Å². The summed E-state index contributed by atoms with van der Waals surface area (Å²) >= 11 is 0. The first-order valence-electron chi connectivity index (χ1n) is 9.36. The average Bonchev–Trinajstić information content (AvgIpc) is 3.22. The topological polar surface area (TPSA) is 105 Å². The second kappa shape index (κ2) is 9.64. The SMILES string of the molecule is COC(=O)c1ccc(OCCn2nnc(-c3cccc(C(=O)OC(C)C)c3)n2)cc1. The van der Waals surface area contributed by atoms with Gasteiger partial charge >= 0.3 is 11.9 Å². The zero-order valence-corrected chi connectivity index (χ0v) is 16.9. The van der Waals surface area contributed by atoms with E-state index in [0.29, 0.717) is 41.4 Å². The molecule has 0 amide bonds. The molecule has 0 saturated carbocycles.